The van der Waals surface area contributed by atoms with Crippen molar-refractivity contribution in [2.45, 2.75) is 52.5 Å². The highest BCUT2D eigenvalue weighted by atomic mass is 19.2. The van der Waals surface area contributed by atoms with Crippen LogP contribution in [-0.4, -0.2) is 12.6 Å². The van der Waals surface area contributed by atoms with E-state index < -0.39 is 11.6 Å². The van der Waals surface area contributed by atoms with Crippen molar-refractivity contribution in [1.29, 1.82) is 0 Å². The van der Waals surface area contributed by atoms with Crippen LogP contribution in [0.5, 0.6) is 0 Å². The fourth-order valence-electron chi connectivity index (χ4n) is 3.63. The number of rotatable bonds is 5. The van der Waals surface area contributed by atoms with Crippen LogP contribution in [0.2, 0.25) is 0 Å². The average Bonchev–Trinajstić information content (AvgIpc) is 2.45. The zero-order valence-corrected chi connectivity index (χ0v) is 13.3. The van der Waals surface area contributed by atoms with Gasteiger partial charge in [-0.2, -0.15) is 0 Å². The Hall–Kier alpha value is -0.960. The Kier molecular flexibility index (Phi) is 5.74. The van der Waals surface area contributed by atoms with Crippen molar-refractivity contribution in [1.82, 2.24) is 5.32 Å². The number of hydrogen-bond acceptors (Lipinski definition) is 1. The highest BCUT2D eigenvalue weighted by Gasteiger charge is 2.31. The molecule has 1 aliphatic carbocycles. The molecule has 1 aliphatic rings. The lowest BCUT2D eigenvalue weighted by molar-refractivity contribution is 0.169. The molecule has 0 saturated heterocycles. The standard InChI is InChI=1S/C18H27F2N/c1-4-21-18-8-6-14(12(2)3)11-15(18)9-13-5-7-16(19)17(20)10-13/h5,7,10,12,14-15,18,21H,4,6,8-9,11H2,1-3H3. The first-order chi connectivity index (χ1) is 10.0. The van der Waals surface area contributed by atoms with Crippen LogP contribution in [0, 0.1) is 29.4 Å². The molecule has 0 amide bonds. The molecule has 3 atom stereocenters. The average molecular weight is 295 g/mol. The Balaban J connectivity index is 2.09. The molecule has 0 radical (unpaired) electrons. The van der Waals surface area contributed by atoms with Crippen LogP contribution in [-0.2, 0) is 6.42 Å². The molecule has 0 spiro atoms. The van der Waals surface area contributed by atoms with E-state index in [0.29, 0.717) is 17.9 Å². The second kappa shape index (κ2) is 7.35. The van der Waals surface area contributed by atoms with Gasteiger partial charge in [-0.05, 0) is 67.7 Å². The van der Waals surface area contributed by atoms with Gasteiger partial charge in [-0.1, -0.05) is 26.8 Å². The second-order valence-corrected chi connectivity index (χ2v) is 6.69. The summed E-state index contributed by atoms with van der Waals surface area (Å²) in [6.07, 6.45) is 4.46. The van der Waals surface area contributed by atoms with Gasteiger partial charge in [0.05, 0.1) is 0 Å². The molecule has 0 aromatic heterocycles. The van der Waals surface area contributed by atoms with Crippen LogP contribution >= 0.6 is 0 Å². The van der Waals surface area contributed by atoms with Gasteiger partial charge in [-0.3, -0.25) is 0 Å². The van der Waals surface area contributed by atoms with E-state index in [0.717, 1.165) is 24.4 Å². The number of halogens is 2. The van der Waals surface area contributed by atoms with Gasteiger partial charge in [0.1, 0.15) is 0 Å². The summed E-state index contributed by atoms with van der Waals surface area (Å²) in [6.45, 7) is 7.66. The normalized spacial score (nSPS) is 26.3. The van der Waals surface area contributed by atoms with Gasteiger partial charge in [0.2, 0.25) is 0 Å². The Morgan fingerprint density at radius 3 is 2.57 bits per heavy atom. The highest BCUT2D eigenvalue weighted by Crippen LogP contribution is 2.35. The molecule has 21 heavy (non-hydrogen) atoms. The van der Waals surface area contributed by atoms with Crippen LogP contribution in [0.25, 0.3) is 0 Å². The van der Waals surface area contributed by atoms with Crippen LogP contribution in [0.15, 0.2) is 18.2 Å². The summed E-state index contributed by atoms with van der Waals surface area (Å²) in [4.78, 5) is 0. The summed E-state index contributed by atoms with van der Waals surface area (Å²) in [5.74, 6) is 0.459. The maximum atomic E-state index is 13.4. The minimum Gasteiger partial charge on any atom is -0.314 e. The zero-order chi connectivity index (χ0) is 15.4. The molecule has 1 fully saturated rings. The molecule has 0 bridgehead atoms. The molecule has 1 nitrogen and oxygen atoms in total. The second-order valence-electron chi connectivity index (χ2n) is 6.69. The van der Waals surface area contributed by atoms with Gasteiger partial charge in [0.15, 0.2) is 11.6 Å². The molecule has 3 heteroatoms. The fraction of sp³-hybridized carbons (Fsp3) is 0.667. The van der Waals surface area contributed by atoms with Crippen LogP contribution in [0.1, 0.15) is 45.6 Å². The summed E-state index contributed by atoms with van der Waals surface area (Å²) < 4.78 is 26.4. The van der Waals surface area contributed by atoms with Gasteiger partial charge < -0.3 is 5.32 Å². The van der Waals surface area contributed by atoms with E-state index >= 15 is 0 Å². The predicted molar refractivity (Wildman–Crippen MR) is 83.2 cm³/mol. The molecule has 3 unspecified atom stereocenters. The molecule has 1 aromatic rings. The molecule has 1 N–H and O–H groups in total. The SMILES string of the molecule is CCNC1CCC(C(C)C)CC1Cc1ccc(F)c(F)c1. The molecular formula is C18H27F2N. The van der Waals surface area contributed by atoms with Gasteiger partial charge in [-0.25, -0.2) is 8.78 Å². The van der Waals surface area contributed by atoms with E-state index in [1.165, 1.54) is 31.4 Å². The first-order valence-corrected chi connectivity index (χ1v) is 8.18. The fourth-order valence-corrected chi connectivity index (χ4v) is 3.63. The highest BCUT2D eigenvalue weighted by molar-refractivity contribution is 5.19. The van der Waals surface area contributed by atoms with Crippen molar-refractivity contribution in [3.05, 3.63) is 35.4 Å². The first kappa shape index (κ1) is 16.4. The Labute approximate surface area is 127 Å². The van der Waals surface area contributed by atoms with E-state index in [-0.39, 0.29) is 0 Å². The third-order valence-electron chi connectivity index (χ3n) is 4.91. The van der Waals surface area contributed by atoms with Gasteiger partial charge in [-0.15, -0.1) is 0 Å². The number of nitrogens with one attached hydrogen (secondary N) is 1. The topological polar surface area (TPSA) is 12.0 Å². The quantitative estimate of drug-likeness (QED) is 0.840. The van der Waals surface area contributed by atoms with E-state index in [1.807, 2.05) is 0 Å². The molecule has 0 heterocycles. The zero-order valence-electron chi connectivity index (χ0n) is 13.3. The maximum absolute atomic E-state index is 13.4. The summed E-state index contributed by atoms with van der Waals surface area (Å²) in [7, 11) is 0. The van der Waals surface area contributed by atoms with Crippen molar-refractivity contribution in [3.63, 3.8) is 0 Å². The smallest absolute Gasteiger partial charge is 0.159 e. The van der Waals surface area contributed by atoms with Crippen molar-refractivity contribution < 1.29 is 8.78 Å². The van der Waals surface area contributed by atoms with Crippen molar-refractivity contribution in [2.75, 3.05) is 6.54 Å². The molecule has 1 saturated carbocycles. The predicted octanol–water partition coefficient (Wildman–Crippen LogP) is 4.56. The summed E-state index contributed by atoms with van der Waals surface area (Å²) >= 11 is 0. The van der Waals surface area contributed by atoms with Crippen LogP contribution in [0.4, 0.5) is 8.78 Å². The number of benzene rings is 1. The van der Waals surface area contributed by atoms with Gasteiger partial charge in [0, 0.05) is 6.04 Å². The summed E-state index contributed by atoms with van der Waals surface area (Å²) in [5, 5.41) is 3.57. The van der Waals surface area contributed by atoms with E-state index in [9.17, 15) is 8.78 Å². The van der Waals surface area contributed by atoms with Crippen LogP contribution < -0.4 is 5.32 Å². The third-order valence-corrected chi connectivity index (χ3v) is 4.91. The molecule has 1 aromatic carbocycles. The van der Waals surface area contributed by atoms with Crippen molar-refractivity contribution in [3.8, 4) is 0 Å². The van der Waals surface area contributed by atoms with Gasteiger partial charge in [0.25, 0.3) is 0 Å². The third kappa shape index (κ3) is 4.26. The Morgan fingerprint density at radius 2 is 1.95 bits per heavy atom. The van der Waals surface area contributed by atoms with Gasteiger partial charge >= 0.3 is 0 Å². The van der Waals surface area contributed by atoms with E-state index in [4.69, 9.17) is 0 Å². The lowest BCUT2D eigenvalue weighted by Gasteiger charge is -2.38. The van der Waals surface area contributed by atoms with E-state index in [2.05, 4.69) is 26.1 Å². The maximum Gasteiger partial charge on any atom is 0.159 e. The van der Waals surface area contributed by atoms with Crippen molar-refractivity contribution in [2.24, 2.45) is 17.8 Å². The van der Waals surface area contributed by atoms with Crippen molar-refractivity contribution >= 4 is 0 Å². The molecule has 0 aliphatic heterocycles. The number of hydrogen-bond donors (Lipinski definition) is 1. The minimum absolute atomic E-state index is 0.498. The van der Waals surface area contributed by atoms with Crippen LogP contribution in [0.3, 0.4) is 0 Å². The largest absolute Gasteiger partial charge is 0.314 e. The minimum atomic E-state index is -0.759. The Bertz CT molecular complexity index is 459. The molecule has 2 rings (SSSR count). The van der Waals surface area contributed by atoms with E-state index in [1.54, 1.807) is 6.07 Å². The molecular weight excluding hydrogens is 268 g/mol. The monoisotopic (exact) mass is 295 g/mol. The lowest BCUT2D eigenvalue weighted by Crippen LogP contribution is -2.42. The summed E-state index contributed by atoms with van der Waals surface area (Å²) in [6, 6.07) is 4.83. The lowest BCUT2D eigenvalue weighted by atomic mass is 9.71. The summed E-state index contributed by atoms with van der Waals surface area (Å²) in [5.41, 5.74) is 0.909. The Morgan fingerprint density at radius 1 is 1.19 bits per heavy atom. The first-order valence-electron chi connectivity index (χ1n) is 8.18. The molecule has 118 valence electrons.